The third-order valence-corrected chi connectivity index (χ3v) is 5.74. The van der Waals surface area contributed by atoms with Gasteiger partial charge in [0, 0.05) is 27.4 Å². The fourth-order valence-corrected chi connectivity index (χ4v) is 3.85. The molecular formula is C28H19BrN2. The summed E-state index contributed by atoms with van der Waals surface area (Å²) in [5, 5.41) is 0. The van der Waals surface area contributed by atoms with Crippen LogP contribution in [-0.4, -0.2) is 9.97 Å². The van der Waals surface area contributed by atoms with Crippen LogP contribution in [0.3, 0.4) is 0 Å². The summed E-state index contributed by atoms with van der Waals surface area (Å²) in [6, 6.07) is 37.4. The van der Waals surface area contributed by atoms with Crippen molar-refractivity contribution in [2.45, 2.75) is 0 Å². The predicted octanol–water partition coefficient (Wildman–Crippen LogP) is 7.91. The van der Waals surface area contributed by atoms with Crippen LogP contribution in [0.5, 0.6) is 0 Å². The molecule has 0 amide bonds. The van der Waals surface area contributed by atoms with Crippen LogP contribution in [0, 0.1) is 0 Å². The molecule has 0 aliphatic rings. The summed E-state index contributed by atoms with van der Waals surface area (Å²) in [5.74, 6) is 0. The maximum Gasteiger partial charge on any atom is 0.0715 e. The fraction of sp³-hybridized carbons (Fsp3) is 0. The molecule has 5 rings (SSSR count). The lowest BCUT2D eigenvalue weighted by Crippen LogP contribution is -1.91. The molecule has 148 valence electrons. The molecule has 2 nitrogen and oxygen atoms in total. The molecule has 3 aromatic carbocycles. The highest BCUT2D eigenvalue weighted by atomic mass is 79.9. The van der Waals surface area contributed by atoms with Crippen LogP contribution < -0.4 is 0 Å². The fourth-order valence-electron chi connectivity index (χ4n) is 3.59. The Morgan fingerprint density at radius 2 is 1.00 bits per heavy atom. The minimum Gasteiger partial charge on any atom is -0.256 e. The zero-order valence-electron chi connectivity index (χ0n) is 16.7. The number of nitrogens with zero attached hydrogens (tertiary/aromatic N) is 2. The van der Waals surface area contributed by atoms with Crippen LogP contribution >= 0.6 is 15.9 Å². The Kier molecular flexibility index (Phi) is 5.42. The molecule has 0 fully saturated rings. The summed E-state index contributed by atoms with van der Waals surface area (Å²) >= 11 is 3.53. The van der Waals surface area contributed by atoms with Gasteiger partial charge in [0.2, 0.25) is 0 Å². The predicted molar refractivity (Wildman–Crippen MR) is 131 cm³/mol. The van der Waals surface area contributed by atoms with Gasteiger partial charge in [-0.2, -0.15) is 0 Å². The number of benzene rings is 3. The van der Waals surface area contributed by atoms with Crippen LogP contribution in [0.15, 0.2) is 120 Å². The molecule has 0 radical (unpaired) electrons. The van der Waals surface area contributed by atoms with E-state index < -0.39 is 0 Å². The van der Waals surface area contributed by atoms with E-state index in [4.69, 9.17) is 4.98 Å². The first-order valence-corrected chi connectivity index (χ1v) is 10.9. The van der Waals surface area contributed by atoms with Crippen LogP contribution in [0.25, 0.3) is 44.9 Å². The molecule has 0 unspecified atom stereocenters. The average molecular weight is 463 g/mol. The normalized spacial score (nSPS) is 10.7. The van der Waals surface area contributed by atoms with Gasteiger partial charge in [0.15, 0.2) is 0 Å². The van der Waals surface area contributed by atoms with E-state index in [9.17, 15) is 0 Å². The molecular weight excluding hydrogens is 444 g/mol. The molecule has 0 N–H and O–H groups in total. The SMILES string of the molecule is Brc1ccc(-c2cc(-c3ccccc3)nc(-c3ccc(-c4ccccn4)cc3)c2)cc1. The van der Waals surface area contributed by atoms with Crippen LogP contribution in [0.2, 0.25) is 0 Å². The van der Waals surface area contributed by atoms with Crippen LogP contribution in [-0.2, 0) is 0 Å². The van der Waals surface area contributed by atoms with Crippen molar-refractivity contribution in [1.29, 1.82) is 0 Å². The Morgan fingerprint density at radius 3 is 1.61 bits per heavy atom. The maximum atomic E-state index is 4.99. The van der Waals surface area contributed by atoms with Crippen molar-refractivity contribution < 1.29 is 0 Å². The molecule has 3 heteroatoms. The van der Waals surface area contributed by atoms with Crippen molar-refractivity contribution >= 4 is 15.9 Å². The van der Waals surface area contributed by atoms with Crippen LogP contribution in [0.1, 0.15) is 0 Å². The topological polar surface area (TPSA) is 25.8 Å². The van der Waals surface area contributed by atoms with Crippen molar-refractivity contribution in [3.63, 3.8) is 0 Å². The Balaban J connectivity index is 1.60. The van der Waals surface area contributed by atoms with Crippen molar-refractivity contribution in [2.75, 3.05) is 0 Å². The quantitative estimate of drug-likeness (QED) is 0.271. The number of hydrogen-bond acceptors (Lipinski definition) is 2. The zero-order valence-corrected chi connectivity index (χ0v) is 18.3. The second-order valence-corrected chi connectivity index (χ2v) is 8.21. The zero-order chi connectivity index (χ0) is 21.0. The van der Waals surface area contributed by atoms with Gasteiger partial charge in [-0.05, 0) is 47.5 Å². The Hall–Kier alpha value is -3.56. The van der Waals surface area contributed by atoms with Gasteiger partial charge < -0.3 is 0 Å². The molecule has 0 spiro atoms. The van der Waals surface area contributed by atoms with Crippen molar-refractivity contribution in [1.82, 2.24) is 9.97 Å². The second-order valence-electron chi connectivity index (χ2n) is 7.29. The molecule has 0 bridgehead atoms. The lowest BCUT2D eigenvalue weighted by Gasteiger charge is -2.11. The maximum absolute atomic E-state index is 4.99. The number of hydrogen-bond donors (Lipinski definition) is 0. The van der Waals surface area contributed by atoms with E-state index in [0.717, 1.165) is 49.4 Å². The van der Waals surface area contributed by atoms with Crippen molar-refractivity contribution in [3.05, 3.63) is 120 Å². The molecule has 2 heterocycles. The highest BCUT2D eigenvalue weighted by Gasteiger charge is 2.09. The molecule has 0 aliphatic carbocycles. The lowest BCUT2D eigenvalue weighted by molar-refractivity contribution is 1.31. The average Bonchev–Trinajstić information content (AvgIpc) is 2.85. The van der Waals surface area contributed by atoms with Gasteiger partial charge in [-0.25, -0.2) is 4.98 Å². The first-order chi connectivity index (χ1) is 15.3. The lowest BCUT2D eigenvalue weighted by atomic mass is 9.99. The molecule has 5 aromatic rings. The Labute approximate surface area is 190 Å². The van der Waals surface area contributed by atoms with Crippen molar-refractivity contribution in [2.24, 2.45) is 0 Å². The monoisotopic (exact) mass is 462 g/mol. The number of aromatic nitrogens is 2. The summed E-state index contributed by atoms with van der Waals surface area (Å²) in [6.45, 7) is 0. The van der Waals surface area contributed by atoms with E-state index in [1.807, 2.05) is 42.6 Å². The van der Waals surface area contributed by atoms with Crippen molar-refractivity contribution in [3.8, 4) is 44.9 Å². The number of rotatable bonds is 4. The third-order valence-electron chi connectivity index (χ3n) is 5.21. The van der Waals surface area contributed by atoms with E-state index in [-0.39, 0.29) is 0 Å². The molecule has 0 atom stereocenters. The standard InChI is InChI=1S/C28H19BrN2/c29-25-15-13-20(14-16-25)24-18-27(21-6-2-1-3-7-21)31-28(19-24)23-11-9-22(10-12-23)26-8-4-5-17-30-26/h1-19H. The smallest absolute Gasteiger partial charge is 0.0715 e. The van der Waals surface area contributed by atoms with E-state index in [0.29, 0.717) is 0 Å². The first kappa shape index (κ1) is 19.4. The van der Waals surface area contributed by atoms with Gasteiger partial charge in [-0.1, -0.05) is 88.7 Å². The molecule has 0 aliphatic heterocycles. The minimum atomic E-state index is 0.951. The Morgan fingerprint density at radius 1 is 0.452 bits per heavy atom. The highest BCUT2D eigenvalue weighted by molar-refractivity contribution is 9.10. The highest BCUT2D eigenvalue weighted by Crippen LogP contribution is 2.31. The second kappa shape index (κ2) is 8.66. The summed E-state index contributed by atoms with van der Waals surface area (Å²) < 4.78 is 1.07. The number of halogens is 1. The van der Waals surface area contributed by atoms with E-state index in [1.54, 1.807) is 0 Å². The van der Waals surface area contributed by atoms with Gasteiger partial charge in [-0.3, -0.25) is 4.98 Å². The molecule has 0 saturated heterocycles. The van der Waals surface area contributed by atoms with Gasteiger partial charge >= 0.3 is 0 Å². The molecule has 0 saturated carbocycles. The minimum absolute atomic E-state index is 0.951. The summed E-state index contributed by atoms with van der Waals surface area (Å²) in [6.07, 6.45) is 1.82. The third kappa shape index (κ3) is 4.32. The van der Waals surface area contributed by atoms with E-state index in [1.165, 1.54) is 0 Å². The molecule has 31 heavy (non-hydrogen) atoms. The van der Waals surface area contributed by atoms with Gasteiger partial charge in [0.05, 0.1) is 17.1 Å². The summed E-state index contributed by atoms with van der Waals surface area (Å²) in [7, 11) is 0. The largest absolute Gasteiger partial charge is 0.256 e. The number of pyridine rings is 2. The Bertz CT molecular complexity index is 1300. The van der Waals surface area contributed by atoms with Gasteiger partial charge in [0.1, 0.15) is 0 Å². The molecule has 2 aromatic heterocycles. The van der Waals surface area contributed by atoms with Crippen LogP contribution in [0.4, 0.5) is 0 Å². The summed E-state index contributed by atoms with van der Waals surface area (Å²) in [4.78, 5) is 9.44. The van der Waals surface area contributed by atoms with Gasteiger partial charge in [-0.15, -0.1) is 0 Å². The first-order valence-electron chi connectivity index (χ1n) is 10.1. The van der Waals surface area contributed by atoms with Gasteiger partial charge in [0.25, 0.3) is 0 Å². The van der Waals surface area contributed by atoms with E-state index >= 15 is 0 Å². The van der Waals surface area contributed by atoms with E-state index in [2.05, 4.69) is 93.7 Å². The summed E-state index contributed by atoms with van der Waals surface area (Å²) in [5.41, 5.74) is 8.46.